The molecule has 4 heteroatoms. The lowest BCUT2D eigenvalue weighted by molar-refractivity contribution is 0.836. The smallest absolute Gasteiger partial charge is 0.136 e. The van der Waals surface area contributed by atoms with Gasteiger partial charge in [0.1, 0.15) is 5.15 Å². The number of hydrogen-bond donors (Lipinski definition) is 0. The molecule has 90 valence electrons. The highest BCUT2D eigenvalue weighted by molar-refractivity contribution is 9.10. The Kier molecular flexibility index (Phi) is 3.59. The zero-order valence-corrected chi connectivity index (χ0v) is 12.4. The van der Waals surface area contributed by atoms with E-state index >= 15 is 0 Å². The van der Waals surface area contributed by atoms with Gasteiger partial charge < -0.3 is 0 Å². The van der Waals surface area contributed by atoms with Gasteiger partial charge in [0.2, 0.25) is 0 Å². The van der Waals surface area contributed by atoms with E-state index in [1.807, 2.05) is 23.7 Å². The number of nitrogens with zero attached hydrogens (tertiary/aromatic N) is 2. The molecule has 1 aromatic carbocycles. The van der Waals surface area contributed by atoms with Gasteiger partial charge in [0.15, 0.2) is 0 Å². The van der Waals surface area contributed by atoms with Crippen LogP contribution in [0.3, 0.4) is 0 Å². The second kappa shape index (κ2) is 4.83. The fourth-order valence-corrected chi connectivity index (χ4v) is 2.58. The molecule has 0 fully saturated rings. The number of hydrogen-bond acceptors (Lipinski definition) is 1. The molecule has 0 amide bonds. The standard InChI is InChI=1S/C13H14BrClN2/c1-4-11-9(3)13(15)17(16-11)12-6-5-10(14)7-8(12)2/h5-7H,4H2,1-3H3. The molecule has 0 atom stereocenters. The van der Waals surface area contributed by atoms with Crippen LogP contribution >= 0.6 is 27.5 Å². The Bertz CT molecular complexity index is 561. The van der Waals surface area contributed by atoms with Crippen LogP contribution in [0.15, 0.2) is 22.7 Å². The van der Waals surface area contributed by atoms with E-state index in [9.17, 15) is 0 Å². The number of benzene rings is 1. The molecule has 2 rings (SSSR count). The SMILES string of the molecule is CCc1nn(-c2ccc(Br)cc2C)c(Cl)c1C. The van der Waals surface area contributed by atoms with Gasteiger partial charge in [0.05, 0.1) is 11.4 Å². The van der Waals surface area contributed by atoms with E-state index < -0.39 is 0 Å². The third kappa shape index (κ3) is 2.26. The van der Waals surface area contributed by atoms with E-state index in [0.717, 1.165) is 33.4 Å². The molecule has 1 heterocycles. The summed E-state index contributed by atoms with van der Waals surface area (Å²) in [5.74, 6) is 0. The number of rotatable bonds is 2. The van der Waals surface area contributed by atoms with Crippen molar-refractivity contribution in [2.75, 3.05) is 0 Å². The van der Waals surface area contributed by atoms with Gasteiger partial charge in [-0.2, -0.15) is 5.10 Å². The third-order valence-corrected chi connectivity index (χ3v) is 3.81. The molecule has 17 heavy (non-hydrogen) atoms. The Labute approximate surface area is 115 Å². The quantitative estimate of drug-likeness (QED) is 0.800. The minimum Gasteiger partial charge on any atom is -0.221 e. The second-order valence-electron chi connectivity index (χ2n) is 4.06. The zero-order valence-electron chi connectivity index (χ0n) is 10.1. The second-order valence-corrected chi connectivity index (χ2v) is 5.33. The molecular formula is C13H14BrClN2. The average Bonchev–Trinajstić information content (AvgIpc) is 2.57. The lowest BCUT2D eigenvalue weighted by Gasteiger charge is -2.07. The highest BCUT2D eigenvalue weighted by Crippen LogP contribution is 2.26. The van der Waals surface area contributed by atoms with E-state index in [2.05, 4.69) is 40.9 Å². The van der Waals surface area contributed by atoms with Crippen molar-refractivity contribution < 1.29 is 0 Å². The highest BCUT2D eigenvalue weighted by Gasteiger charge is 2.13. The van der Waals surface area contributed by atoms with Crippen molar-refractivity contribution in [3.8, 4) is 5.69 Å². The van der Waals surface area contributed by atoms with Crippen LogP contribution < -0.4 is 0 Å². The van der Waals surface area contributed by atoms with E-state index in [4.69, 9.17) is 11.6 Å². The lowest BCUT2D eigenvalue weighted by Crippen LogP contribution is -1.99. The summed E-state index contributed by atoms with van der Waals surface area (Å²) in [4.78, 5) is 0. The van der Waals surface area contributed by atoms with Crippen LogP contribution in [0.1, 0.15) is 23.7 Å². The van der Waals surface area contributed by atoms with Gasteiger partial charge in [-0.25, -0.2) is 4.68 Å². The number of aromatic nitrogens is 2. The maximum atomic E-state index is 6.33. The largest absolute Gasteiger partial charge is 0.221 e. The van der Waals surface area contributed by atoms with Crippen molar-refractivity contribution >= 4 is 27.5 Å². The summed E-state index contributed by atoms with van der Waals surface area (Å²) in [6, 6.07) is 6.09. The molecule has 0 radical (unpaired) electrons. The van der Waals surface area contributed by atoms with Gasteiger partial charge in [0, 0.05) is 10.0 Å². The highest BCUT2D eigenvalue weighted by atomic mass is 79.9. The first-order chi connectivity index (χ1) is 8.04. The minimum atomic E-state index is 0.701. The molecule has 1 aromatic heterocycles. The Morgan fingerprint density at radius 2 is 2.06 bits per heavy atom. The summed E-state index contributed by atoms with van der Waals surface area (Å²) >= 11 is 9.79. The first-order valence-electron chi connectivity index (χ1n) is 5.55. The summed E-state index contributed by atoms with van der Waals surface area (Å²) < 4.78 is 2.88. The van der Waals surface area contributed by atoms with Crippen molar-refractivity contribution in [2.24, 2.45) is 0 Å². The monoisotopic (exact) mass is 312 g/mol. The maximum absolute atomic E-state index is 6.33. The Hall–Kier alpha value is -0.800. The predicted molar refractivity (Wildman–Crippen MR) is 75.1 cm³/mol. The zero-order chi connectivity index (χ0) is 12.6. The average molecular weight is 314 g/mol. The summed E-state index contributed by atoms with van der Waals surface area (Å²) in [5.41, 5.74) is 4.29. The van der Waals surface area contributed by atoms with E-state index in [1.54, 1.807) is 0 Å². The van der Waals surface area contributed by atoms with E-state index in [0.29, 0.717) is 5.15 Å². The van der Waals surface area contributed by atoms with Crippen molar-refractivity contribution in [2.45, 2.75) is 27.2 Å². The molecule has 2 aromatic rings. The normalized spacial score (nSPS) is 10.9. The molecule has 0 N–H and O–H groups in total. The van der Waals surface area contributed by atoms with Crippen molar-refractivity contribution in [3.05, 3.63) is 44.6 Å². The number of aryl methyl sites for hydroxylation is 2. The molecule has 0 aliphatic carbocycles. The van der Waals surface area contributed by atoms with Gasteiger partial charge in [0.25, 0.3) is 0 Å². The Balaban J connectivity index is 2.60. The van der Waals surface area contributed by atoms with Crippen LogP contribution in [-0.4, -0.2) is 9.78 Å². The van der Waals surface area contributed by atoms with Crippen LogP contribution in [0.4, 0.5) is 0 Å². The van der Waals surface area contributed by atoms with Crippen molar-refractivity contribution in [3.63, 3.8) is 0 Å². The van der Waals surface area contributed by atoms with Crippen molar-refractivity contribution in [1.29, 1.82) is 0 Å². The topological polar surface area (TPSA) is 17.8 Å². The molecule has 0 aliphatic heterocycles. The first kappa shape index (κ1) is 12.7. The van der Waals surface area contributed by atoms with Gasteiger partial charge >= 0.3 is 0 Å². The van der Waals surface area contributed by atoms with Gasteiger partial charge in [-0.15, -0.1) is 0 Å². The molecule has 0 bridgehead atoms. The number of halogens is 2. The Morgan fingerprint density at radius 1 is 1.35 bits per heavy atom. The van der Waals surface area contributed by atoms with Gasteiger partial charge in [-0.3, -0.25) is 0 Å². The molecule has 0 spiro atoms. The van der Waals surface area contributed by atoms with Crippen LogP contribution in [-0.2, 0) is 6.42 Å². The molecule has 0 aliphatic rings. The molecule has 2 nitrogen and oxygen atoms in total. The van der Waals surface area contributed by atoms with Crippen LogP contribution in [0.5, 0.6) is 0 Å². The lowest BCUT2D eigenvalue weighted by atomic mass is 10.2. The fraction of sp³-hybridized carbons (Fsp3) is 0.308. The first-order valence-corrected chi connectivity index (χ1v) is 6.72. The summed E-state index contributed by atoms with van der Waals surface area (Å²) in [5, 5.41) is 5.26. The van der Waals surface area contributed by atoms with Gasteiger partial charge in [-0.1, -0.05) is 34.5 Å². The van der Waals surface area contributed by atoms with E-state index in [1.165, 1.54) is 0 Å². The van der Waals surface area contributed by atoms with Crippen LogP contribution in [0.2, 0.25) is 5.15 Å². The summed E-state index contributed by atoms with van der Waals surface area (Å²) in [6.45, 7) is 6.16. The third-order valence-electron chi connectivity index (χ3n) is 2.87. The molecule has 0 saturated heterocycles. The Morgan fingerprint density at radius 3 is 2.59 bits per heavy atom. The van der Waals surface area contributed by atoms with E-state index in [-0.39, 0.29) is 0 Å². The molecule has 0 saturated carbocycles. The molecule has 0 unspecified atom stereocenters. The van der Waals surface area contributed by atoms with Crippen LogP contribution in [0, 0.1) is 13.8 Å². The summed E-state index contributed by atoms with van der Waals surface area (Å²) in [7, 11) is 0. The maximum Gasteiger partial charge on any atom is 0.136 e. The minimum absolute atomic E-state index is 0.701. The van der Waals surface area contributed by atoms with Gasteiger partial charge in [-0.05, 0) is 44.0 Å². The fourth-order valence-electron chi connectivity index (χ4n) is 1.87. The summed E-state index contributed by atoms with van der Waals surface area (Å²) in [6.07, 6.45) is 0.897. The predicted octanol–water partition coefficient (Wildman–Crippen LogP) is 4.47. The van der Waals surface area contributed by atoms with Crippen LogP contribution in [0.25, 0.3) is 5.69 Å². The molecular weight excluding hydrogens is 300 g/mol. The van der Waals surface area contributed by atoms with Crippen molar-refractivity contribution in [1.82, 2.24) is 9.78 Å².